The van der Waals surface area contributed by atoms with Gasteiger partial charge >= 0.3 is 0 Å². The highest BCUT2D eigenvalue weighted by molar-refractivity contribution is 5.80. The van der Waals surface area contributed by atoms with Crippen LogP contribution in [0.2, 0.25) is 0 Å². The van der Waals surface area contributed by atoms with Crippen LogP contribution in [0.4, 0.5) is 8.78 Å². The summed E-state index contributed by atoms with van der Waals surface area (Å²) in [4.78, 5) is 0. The van der Waals surface area contributed by atoms with E-state index in [0.717, 1.165) is 29.5 Å². The Morgan fingerprint density at radius 3 is 1.76 bits per heavy atom. The van der Waals surface area contributed by atoms with Gasteiger partial charge in [-0.2, -0.15) is 0 Å². The Bertz CT molecular complexity index is 1110. The molecule has 0 amide bonds. The van der Waals surface area contributed by atoms with Crippen LogP contribution in [0, 0.1) is 0 Å². The van der Waals surface area contributed by atoms with Gasteiger partial charge in [0.05, 0.1) is 0 Å². The molecule has 0 bridgehead atoms. The second kappa shape index (κ2) is 10.3. The molecule has 0 radical (unpaired) electrons. The third-order valence-corrected chi connectivity index (χ3v) is 6.18. The SMILES string of the molecule is CCCOC1(CCC)C=CC(c2ccc(-c3ccc(-c4ccccc4)cc3)cc2)=C(F)C1F. The summed E-state index contributed by atoms with van der Waals surface area (Å²) in [6.07, 6.45) is 3.52. The molecule has 33 heavy (non-hydrogen) atoms. The molecule has 1 nitrogen and oxygen atoms in total. The van der Waals surface area contributed by atoms with Gasteiger partial charge in [0.2, 0.25) is 0 Å². The van der Waals surface area contributed by atoms with Crippen LogP contribution in [-0.4, -0.2) is 18.4 Å². The molecule has 170 valence electrons. The second-order valence-electron chi connectivity index (χ2n) is 8.53. The van der Waals surface area contributed by atoms with Crippen LogP contribution < -0.4 is 0 Å². The topological polar surface area (TPSA) is 9.23 Å². The molecule has 3 aromatic rings. The fraction of sp³-hybridized carbons (Fsp3) is 0.267. The van der Waals surface area contributed by atoms with Gasteiger partial charge in [-0.3, -0.25) is 0 Å². The van der Waals surface area contributed by atoms with Gasteiger partial charge in [0.25, 0.3) is 0 Å². The summed E-state index contributed by atoms with van der Waals surface area (Å²) in [5, 5.41) is 0. The van der Waals surface area contributed by atoms with Gasteiger partial charge < -0.3 is 4.74 Å². The highest BCUT2D eigenvalue weighted by Gasteiger charge is 2.43. The van der Waals surface area contributed by atoms with Crippen molar-refractivity contribution < 1.29 is 13.5 Å². The van der Waals surface area contributed by atoms with E-state index in [9.17, 15) is 0 Å². The Labute approximate surface area is 195 Å². The maximum Gasteiger partial charge on any atom is 0.184 e. The third-order valence-electron chi connectivity index (χ3n) is 6.18. The lowest BCUT2D eigenvalue weighted by molar-refractivity contribution is -0.0627. The van der Waals surface area contributed by atoms with Gasteiger partial charge in [-0.25, -0.2) is 8.78 Å². The zero-order valence-electron chi connectivity index (χ0n) is 19.2. The second-order valence-corrected chi connectivity index (χ2v) is 8.53. The van der Waals surface area contributed by atoms with Crippen molar-refractivity contribution in [3.63, 3.8) is 0 Å². The van der Waals surface area contributed by atoms with E-state index in [0.29, 0.717) is 24.2 Å². The lowest BCUT2D eigenvalue weighted by Gasteiger charge is -2.36. The number of alkyl halides is 1. The average molecular weight is 445 g/mol. The molecule has 0 aromatic heterocycles. The van der Waals surface area contributed by atoms with Gasteiger partial charge in [-0.15, -0.1) is 0 Å². The van der Waals surface area contributed by atoms with E-state index in [1.54, 1.807) is 12.2 Å². The fourth-order valence-electron chi connectivity index (χ4n) is 4.39. The van der Waals surface area contributed by atoms with Gasteiger partial charge in [0, 0.05) is 12.2 Å². The summed E-state index contributed by atoms with van der Waals surface area (Å²) in [5.41, 5.74) is 4.19. The molecule has 1 aliphatic carbocycles. The van der Waals surface area contributed by atoms with Crippen LogP contribution in [0.25, 0.3) is 27.8 Å². The number of benzene rings is 3. The van der Waals surface area contributed by atoms with E-state index >= 15 is 8.78 Å². The Morgan fingerprint density at radius 1 is 0.727 bits per heavy atom. The van der Waals surface area contributed by atoms with Crippen LogP contribution in [-0.2, 0) is 4.74 Å². The molecule has 0 fully saturated rings. The molecule has 3 heteroatoms. The smallest absolute Gasteiger partial charge is 0.184 e. The van der Waals surface area contributed by atoms with Gasteiger partial charge in [-0.1, -0.05) is 105 Å². The molecule has 0 N–H and O–H groups in total. The molecular weight excluding hydrogens is 414 g/mol. The van der Waals surface area contributed by atoms with Crippen LogP contribution in [0.5, 0.6) is 0 Å². The highest BCUT2D eigenvalue weighted by Crippen LogP contribution is 2.40. The quantitative estimate of drug-likeness (QED) is 0.338. The lowest BCUT2D eigenvalue weighted by atomic mass is 9.83. The first-order chi connectivity index (χ1) is 16.1. The summed E-state index contributed by atoms with van der Waals surface area (Å²) in [6.45, 7) is 4.33. The van der Waals surface area contributed by atoms with Gasteiger partial charge in [-0.05, 0) is 46.7 Å². The molecule has 4 rings (SSSR count). The number of hydrogen-bond acceptors (Lipinski definition) is 1. The summed E-state index contributed by atoms with van der Waals surface area (Å²) >= 11 is 0. The highest BCUT2D eigenvalue weighted by atomic mass is 19.2. The minimum atomic E-state index is -1.80. The van der Waals surface area contributed by atoms with Crippen molar-refractivity contribution in [1.29, 1.82) is 0 Å². The van der Waals surface area contributed by atoms with E-state index in [1.807, 2.05) is 56.3 Å². The molecule has 2 atom stereocenters. The Balaban J connectivity index is 1.55. The lowest BCUT2D eigenvalue weighted by Crippen LogP contribution is -2.43. The van der Waals surface area contributed by atoms with Crippen molar-refractivity contribution >= 4 is 5.57 Å². The van der Waals surface area contributed by atoms with Gasteiger partial charge in [0.1, 0.15) is 11.4 Å². The number of ether oxygens (including phenoxy) is 1. The minimum absolute atomic E-state index is 0.292. The summed E-state index contributed by atoms with van der Waals surface area (Å²) < 4.78 is 36.2. The number of halogens is 2. The first-order valence-corrected chi connectivity index (χ1v) is 11.7. The zero-order valence-corrected chi connectivity index (χ0v) is 19.2. The molecule has 0 heterocycles. The average Bonchev–Trinajstić information content (AvgIpc) is 2.87. The van der Waals surface area contributed by atoms with Crippen molar-refractivity contribution in [2.45, 2.75) is 44.9 Å². The Morgan fingerprint density at radius 2 is 1.24 bits per heavy atom. The molecule has 0 spiro atoms. The van der Waals surface area contributed by atoms with E-state index in [1.165, 1.54) is 5.56 Å². The monoisotopic (exact) mass is 444 g/mol. The predicted molar refractivity (Wildman–Crippen MR) is 133 cm³/mol. The zero-order chi connectivity index (χ0) is 23.3. The Kier molecular flexibility index (Phi) is 7.20. The van der Waals surface area contributed by atoms with Crippen molar-refractivity contribution in [1.82, 2.24) is 0 Å². The first-order valence-electron chi connectivity index (χ1n) is 11.7. The standard InChI is InChI=1S/C30H30F2O/c1-3-19-30(33-21-4-2)20-18-27(28(31)29(30)32)26-16-14-25(15-17-26)24-12-10-23(11-13-24)22-8-6-5-7-9-22/h5-18,20,29H,3-4,19,21H2,1-2H3. The minimum Gasteiger partial charge on any atom is -0.367 e. The van der Waals surface area contributed by atoms with Crippen molar-refractivity contribution in [3.8, 4) is 22.3 Å². The molecule has 1 aliphatic rings. The molecular formula is C30H30F2O. The van der Waals surface area contributed by atoms with Gasteiger partial charge in [0.15, 0.2) is 6.17 Å². The molecule has 0 saturated carbocycles. The number of hydrogen-bond donors (Lipinski definition) is 0. The van der Waals surface area contributed by atoms with Crippen LogP contribution in [0.1, 0.15) is 38.7 Å². The largest absolute Gasteiger partial charge is 0.367 e. The normalized spacial score (nSPS) is 20.3. The van der Waals surface area contributed by atoms with Crippen LogP contribution >= 0.6 is 0 Å². The number of rotatable bonds is 8. The summed E-state index contributed by atoms with van der Waals surface area (Å²) in [7, 11) is 0. The summed E-state index contributed by atoms with van der Waals surface area (Å²) in [6, 6.07) is 26.2. The van der Waals surface area contributed by atoms with Crippen molar-refractivity contribution in [2.24, 2.45) is 0 Å². The van der Waals surface area contributed by atoms with E-state index < -0.39 is 17.6 Å². The molecule has 0 saturated heterocycles. The van der Waals surface area contributed by atoms with Crippen molar-refractivity contribution in [3.05, 3.63) is 102 Å². The van der Waals surface area contributed by atoms with Crippen molar-refractivity contribution in [2.75, 3.05) is 6.61 Å². The third kappa shape index (κ3) is 4.84. The predicted octanol–water partition coefficient (Wildman–Crippen LogP) is 8.57. The van der Waals surface area contributed by atoms with E-state index in [2.05, 4.69) is 36.4 Å². The van der Waals surface area contributed by atoms with E-state index in [-0.39, 0.29) is 0 Å². The fourth-order valence-corrected chi connectivity index (χ4v) is 4.39. The van der Waals surface area contributed by atoms with E-state index in [4.69, 9.17) is 4.74 Å². The van der Waals surface area contributed by atoms with Crippen LogP contribution in [0.3, 0.4) is 0 Å². The first kappa shape index (κ1) is 23.1. The maximum absolute atomic E-state index is 15.3. The Hall–Kier alpha value is -3.04. The molecule has 0 aliphatic heterocycles. The van der Waals surface area contributed by atoms with Crippen LogP contribution in [0.15, 0.2) is 96.8 Å². The maximum atomic E-state index is 15.3. The molecule has 2 unspecified atom stereocenters. The number of allylic oxidation sites excluding steroid dienone is 2. The molecule has 3 aromatic carbocycles. The summed E-state index contributed by atoms with van der Waals surface area (Å²) in [5.74, 6) is -0.748.